The van der Waals surface area contributed by atoms with Crippen LogP contribution in [0.2, 0.25) is 0 Å². The van der Waals surface area contributed by atoms with Crippen LogP contribution in [0.25, 0.3) is 0 Å². The van der Waals surface area contributed by atoms with E-state index in [2.05, 4.69) is 11.2 Å². The fourth-order valence-electron chi connectivity index (χ4n) is 0.798. The lowest BCUT2D eigenvalue weighted by Gasteiger charge is -2.18. The Balaban J connectivity index is 3.87. The van der Waals surface area contributed by atoms with Crippen LogP contribution in [0.5, 0.6) is 0 Å². The molecule has 0 saturated heterocycles. The molecule has 3 nitrogen and oxygen atoms in total. The molecule has 82 valence electrons. The van der Waals surface area contributed by atoms with E-state index in [0.717, 1.165) is 0 Å². The monoisotopic (exact) mass is 217 g/mol. The van der Waals surface area contributed by atoms with Crippen LogP contribution in [-0.4, -0.2) is 32.0 Å². The van der Waals surface area contributed by atoms with Crippen LogP contribution in [0.15, 0.2) is 0 Å². The summed E-state index contributed by atoms with van der Waals surface area (Å²) in [6.07, 6.45) is 5.69. The average Bonchev–Trinajstić information content (AvgIpc) is 2.02. The lowest BCUT2D eigenvalue weighted by Crippen LogP contribution is -2.34. The molecular weight excluding hydrogens is 198 g/mol. The fourth-order valence-corrected chi connectivity index (χ4v) is 1.82. The zero-order valence-electron chi connectivity index (χ0n) is 9.13. The third-order valence-electron chi connectivity index (χ3n) is 1.93. The molecule has 0 aromatic carbocycles. The van der Waals surface area contributed by atoms with Crippen molar-refractivity contribution in [3.05, 3.63) is 0 Å². The van der Waals surface area contributed by atoms with Crippen LogP contribution < -0.4 is 5.32 Å². The second kappa shape index (κ2) is 5.38. The first-order valence-electron chi connectivity index (χ1n) is 4.68. The van der Waals surface area contributed by atoms with Gasteiger partial charge in [-0.25, -0.2) is 8.42 Å². The van der Waals surface area contributed by atoms with Crippen LogP contribution >= 0.6 is 0 Å². The zero-order chi connectivity index (χ0) is 11.2. The summed E-state index contributed by atoms with van der Waals surface area (Å²) in [6, 6.07) is 0. The molecular formula is C10H19NO2S. The molecule has 0 heterocycles. The second-order valence-electron chi connectivity index (χ2n) is 4.14. The summed E-state index contributed by atoms with van der Waals surface area (Å²) in [6.45, 7) is 6.29. The lowest BCUT2D eigenvalue weighted by atomic mass is 10.3. The number of nitrogens with one attached hydrogen (secondary N) is 1. The normalized spacial score (nSPS) is 12.4. The molecule has 0 fully saturated rings. The van der Waals surface area contributed by atoms with E-state index >= 15 is 0 Å². The lowest BCUT2D eigenvalue weighted by molar-refractivity contribution is 0.556. The third kappa shape index (κ3) is 4.64. The van der Waals surface area contributed by atoms with Crippen molar-refractivity contribution >= 4 is 9.84 Å². The maximum Gasteiger partial charge on any atom is 0.156 e. The van der Waals surface area contributed by atoms with Gasteiger partial charge >= 0.3 is 0 Å². The molecule has 0 aliphatic carbocycles. The molecule has 0 atom stereocenters. The van der Waals surface area contributed by atoms with Gasteiger partial charge in [-0.2, -0.15) is 0 Å². The molecule has 0 aromatic rings. The molecule has 0 unspecified atom stereocenters. The van der Waals surface area contributed by atoms with E-state index in [0.29, 0.717) is 19.5 Å². The van der Waals surface area contributed by atoms with E-state index in [9.17, 15) is 8.42 Å². The molecule has 0 saturated carbocycles. The van der Waals surface area contributed by atoms with Crippen molar-refractivity contribution in [2.45, 2.75) is 31.9 Å². The van der Waals surface area contributed by atoms with Crippen LogP contribution in [0, 0.1) is 12.3 Å². The average molecular weight is 217 g/mol. The van der Waals surface area contributed by atoms with Crippen LogP contribution in [0.1, 0.15) is 27.2 Å². The van der Waals surface area contributed by atoms with E-state index in [4.69, 9.17) is 6.42 Å². The van der Waals surface area contributed by atoms with Gasteiger partial charge in [0.1, 0.15) is 0 Å². The van der Waals surface area contributed by atoms with Crippen molar-refractivity contribution in [2.75, 3.05) is 18.8 Å². The standard InChI is InChI=1S/C10H19NO2S/c1-5-6-7-11-8-9-14(12,13)10(2,3)4/h1,11H,6-9H2,2-4H3. The van der Waals surface area contributed by atoms with Crippen LogP contribution in [0.4, 0.5) is 0 Å². The largest absolute Gasteiger partial charge is 0.315 e. The van der Waals surface area contributed by atoms with E-state index in [1.807, 2.05) is 0 Å². The van der Waals surface area contributed by atoms with Crippen molar-refractivity contribution in [1.82, 2.24) is 5.32 Å². The van der Waals surface area contributed by atoms with Gasteiger partial charge in [0.15, 0.2) is 9.84 Å². The first-order chi connectivity index (χ1) is 6.31. The van der Waals surface area contributed by atoms with Gasteiger partial charge in [-0.1, -0.05) is 0 Å². The Labute approximate surface area is 87.2 Å². The summed E-state index contributed by atoms with van der Waals surface area (Å²) in [5.41, 5.74) is 0. The van der Waals surface area contributed by atoms with Gasteiger partial charge in [0.2, 0.25) is 0 Å². The van der Waals surface area contributed by atoms with Gasteiger partial charge in [0, 0.05) is 19.5 Å². The van der Waals surface area contributed by atoms with Gasteiger partial charge in [0.25, 0.3) is 0 Å². The van der Waals surface area contributed by atoms with Crippen molar-refractivity contribution in [3.8, 4) is 12.3 Å². The first kappa shape index (κ1) is 13.5. The Morgan fingerprint density at radius 3 is 2.29 bits per heavy atom. The number of sulfone groups is 1. The summed E-state index contributed by atoms with van der Waals surface area (Å²) in [5, 5.41) is 2.99. The molecule has 0 aliphatic rings. The van der Waals surface area contributed by atoms with Gasteiger partial charge in [0.05, 0.1) is 10.5 Å². The number of terminal acetylenes is 1. The Bertz CT molecular complexity index is 293. The SMILES string of the molecule is C#CCCNCCS(=O)(=O)C(C)(C)C. The van der Waals surface area contributed by atoms with Gasteiger partial charge in [-0.3, -0.25) is 0 Å². The highest BCUT2D eigenvalue weighted by atomic mass is 32.2. The Morgan fingerprint density at radius 1 is 1.29 bits per heavy atom. The Kier molecular flexibility index (Phi) is 5.17. The van der Waals surface area contributed by atoms with Crippen molar-refractivity contribution < 1.29 is 8.42 Å². The summed E-state index contributed by atoms with van der Waals surface area (Å²) in [7, 11) is -3.00. The highest BCUT2D eigenvalue weighted by Crippen LogP contribution is 2.14. The van der Waals surface area contributed by atoms with Crippen molar-refractivity contribution in [2.24, 2.45) is 0 Å². The maximum absolute atomic E-state index is 11.6. The number of hydrogen-bond donors (Lipinski definition) is 1. The molecule has 14 heavy (non-hydrogen) atoms. The maximum atomic E-state index is 11.6. The summed E-state index contributed by atoms with van der Waals surface area (Å²) < 4.78 is 22.5. The minimum atomic E-state index is -3.00. The molecule has 1 N–H and O–H groups in total. The molecule has 0 bridgehead atoms. The molecule has 0 spiro atoms. The van der Waals surface area contributed by atoms with Crippen molar-refractivity contribution in [1.29, 1.82) is 0 Å². The predicted octanol–water partition coefficient (Wildman–Crippen LogP) is 0.813. The minimum Gasteiger partial charge on any atom is -0.315 e. The summed E-state index contributed by atoms with van der Waals surface area (Å²) >= 11 is 0. The third-order valence-corrected chi connectivity index (χ3v) is 4.53. The Morgan fingerprint density at radius 2 is 1.86 bits per heavy atom. The summed E-state index contributed by atoms with van der Waals surface area (Å²) in [5.74, 6) is 2.65. The molecule has 0 radical (unpaired) electrons. The predicted molar refractivity (Wildman–Crippen MR) is 59.9 cm³/mol. The van der Waals surface area contributed by atoms with E-state index in [1.54, 1.807) is 20.8 Å². The summed E-state index contributed by atoms with van der Waals surface area (Å²) in [4.78, 5) is 0. The number of hydrogen-bond acceptors (Lipinski definition) is 3. The topological polar surface area (TPSA) is 46.2 Å². The smallest absolute Gasteiger partial charge is 0.156 e. The van der Waals surface area contributed by atoms with Gasteiger partial charge in [-0.05, 0) is 20.8 Å². The van der Waals surface area contributed by atoms with E-state index < -0.39 is 14.6 Å². The quantitative estimate of drug-likeness (QED) is 0.547. The van der Waals surface area contributed by atoms with Crippen LogP contribution in [-0.2, 0) is 9.84 Å². The van der Waals surface area contributed by atoms with Crippen molar-refractivity contribution in [3.63, 3.8) is 0 Å². The number of rotatable bonds is 5. The molecule has 0 aliphatic heterocycles. The van der Waals surface area contributed by atoms with E-state index in [-0.39, 0.29) is 5.75 Å². The molecule has 4 heteroatoms. The van der Waals surface area contributed by atoms with E-state index in [1.165, 1.54) is 0 Å². The Hall–Kier alpha value is -0.530. The molecule has 0 aromatic heterocycles. The molecule has 0 rings (SSSR count). The van der Waals surface area contributed by atoms with Gasteiger partial charge in [-0.15, -0.1) is 12.3 Å². The highest BCUT2D eigenvalue weighted by molar-refractivity contribution is 7.92. The van der Waals surface area contributed by atoms with Gasteiger partial charge < -0.3 is 5.32 Å². The highest BCUT2D eigenvalue weighted by Gasteiger charge is 2.27. The fraction of sp³-hybridized carbons (Fsp3) is 0.800. The minimum absolute atomic E-state index is 0.168. The zero-order valence-corrected chi connectivity index (χ0v) is 9.95. The second-order valence-corrected chi connectivity index (χ2v) is 7.00. The van der Waals surface area contributed by atoms with Crippen LogP contribution in [0.3, 0.4) is 0 Å². The first-order valence-corrected chi connectivity index (χ1v) is 6.33. The molecule has 0 amide bonds.